The third kappa shape index (κ3) is 1.51. The number of carboxylic acid groups (broad SMARTS) is 1. The molecule has 0 saturated carbocycles. The maximum absolute atomic E-state index is 10.7. The highest BCUT2D eigenvalue weighted by molar-refractivity contribution is 5.95. The monoisotopic (exact) mass is 244 g/mol. The Morgan fingerprint density at radius 3 is 2.94 bits per heavy atom. The average Bonchev–Trinajstić information content (AvgIpc) is 2.92. The van der Waals surface area contributed by atoms with Crippen molar-refractivity contribution < 1.29 is 19.4 Å². The number of aromatic carboxylic acids is 1. The molecule has 0 saturated heterocycles. The topological polar surface area (TPSA) is 99.3 Å². The minimum atomic E-state index is -1.21. The van der Waals surface area contributed by atoms with E-state index in [1.807, 2.05) is 0 Å². The highest BCUT2D eigenvalue weighted by Crippen LogP contribution is 2.30. The zero-order valence-corrected chi connectivity index (χ0v) is 9.04. The highest BCUT2D eigenvalue weighted by atomic mass is 16.4. The van der Waals surface area contributed by atoms with Gasteiger partial charge in [0.25, 0.3) is 0 Å². The van der Waals surface area contributed by atoms with Crippen molar-refractivity contribution in [1.82, 2.24) is 9.97 Å². The molecule has 0 bridgehead atoms. The van der Waals surface area contributed by atoms with Gasteiger partial charge in [-0.1, -0.05) is 0 Å². The predicted molar refractivity (Wildman–Crippen MR) is 62.4 cm³/mol. The zero-order chi connectivity index (χ0) is 12.7. The molecule has 18 heavy (non-hydrogen) atoms. The molecular weight excluding hydrogens is 236 g/mol. The quantitative estimate of drug-likeness (QED) is 0.641. The van der Waals surface area contributed by atoms with E-state index < -0.39 is 5.97 Å². The van der Waals surface area contributed by atoms with Crippen LogP contribution in [0.3, 0.4) is 0 Å². The molecule has 0 aliphatic rings. The van der Waals surface area contributed by atoms with Crippen LogP contribution in [0.15, 0.2) is 35.0 Å². The first kappa shape index (κ1) is 10.4. The number of hydrogen-bond acceptors (Lipinski definition) is 4. The smallest absolute Gasteiger partial charge is 0.392 e. The van der Waals surface area contributed by atoms with Crippen LogP contribution in [0.25, 0.3) is 22.2 Å². The molecule has 0 atom stereocenters. The standard InChI is InChI=1S/C12H8N2O4/c15-6-1-2-7-8(4-13-9(7)3-6)10-5-14-11(18-10)12(16)17/h1-5,13,15H,(H,16,17). The molecule has 0 amide bonds. The number of aromatic hydroxyl groups is 1. The van der Waals surface area contributed by atoms with Crippen LogP contribution in [0, 0.1) is 0 Å². The van der Waals surface area contributed by atoms with Gasteiger partial charge in [0, 0.05) is 28.7 Å². The Hall–Kier alpha value is -2.76. The number of rotatable bonds is 2. The molecule has 2 heterocycles. The van der Waals surface area contributed by atoms with E-state index in [4.69, 9.17) is 9.52 Å². The van der Waals surface area contributed by atoms with E-state index in [-0.39, 0.29) is 11.6 Å². The Labute approximate surface area is 101 Å². The minimum absolute atomic E-state index is 0.152. The van der Waals surface area contributed by atoms with Crippen LogP contribution in [0.4, 0.5) is 0 Å². The second kappa shape index (κ2) is 3.63. The molecule has 0 fully saturated rings. The fraction of sp³-hybridized carbons (Fsp3) is 0. The zero-order valence-electron chi connectivity index (χ0n) is 9.04. The van der Waals surface area contributed by atoms with Gasteiger partial charge in [0.15, 0.2) is 5.76 Å². The number of fused-ring (bicyclic) bond motifs is 1. The summed E-state index contributed by atoms with van der Waals surface area (Å²) in [4.78, 5) is 17.3. The lowest BCUT2D eigenvalue weighted by Gasteiger charge is -1.94. The summed E-state index contributed by atoms with van der Waals surface area (Å²) in [7, 11) is 0. The van der Waals surface area contributed by atoms with E-state index in [9.17, 15) is 9.90 Å². The maximum atomic E-state index is 10.7. The molecule has 6 nitrogen and oxygen atoms in total. The van der Waals surface area contributed by atoms with Crippen molar-refractivity contribution in [3.8, 4) is 17.1 Å². The lowest BCUT2D eigenvalue weighted by molar-refractivity contribution is 0.0654. The number of H-pyrrole nitrogens is 1. The molecule has 0 spiro atoms. The summed E-state index contributed by atoms with van der Waals surface area (Å²) < 4.78 is 5.13. The minimum Gasteiger partial charge on any atom is -0.508 e. The number of oxazole rings is 1. The molecule has 3 N–H and O–H groups in total. The molecule has 0 unspecified atom stereocenters. The van der Waals surface area contributed by atoms with E-state index in [0.717, 1.165) is 10.9 Å². The van der Waals surface area contributed by atoms with Gasteiger partial charge in [-0.3, -0.25) is 0 Å². The first-order chi connectivity index (χ1) is 8.65. The molecule has 3 aromatic rings. The molecule has 0 radical (unpaired) electrons. The first-order valence-electron chi connectivity index (χ1n) is 5.15. The second-order valence-electron chi connectivity index (χ2n) is 3.77. The summed E-state index contributed by atoms with van der Waals surface area (Å²) in [5, 5.41) is 18.9. The molecular formula is C12H8N2O4. The number of carboxylic acids is 1. The predicted octanol–water partition coefficient (Wildman–Crippen LogP) is 2.23. The number of aromatic amines is 1. The number of carbonyl (C=O) groups is 1. The number of aromatic nitrogens is 2. The van der Waals surface area contributed by atoms with Gasteiger partial charge in [0.1, 0.15) is 5.75 Å². The Kier molecular flexibility index (Phi) is 2.09. The number of nitrogens with one attached hydrogen (secondary N) is 1. The van der Waals surface area contributed by atoms with E-state index in [1.54, 1.807) is 24.4 Å². The third-order valence-electron chi connectivity index (χ3n) is 2.62. The van der Waals surface area contributed by atoms with Gasteiger partial charge in [-0.2, -0.15) is 0 Å². The van der Waals surface area contributed by atoms with Crippen molar-refractivity contribution >= 4 is 16.9 Å². The fourth-order valence-electron chi connectivity index (χ4n) is 1.82. The number of hydrogen-bond donors (Lipinski definition) is 3. The summed E-state index contributed by atoms with van der Waals surface area (Å²) in [5.74, 6) is -1.04. The molecule has 3 rings (SSSR count). The van der Waals surface area contributed by atoms with Gasteiger partial charge in [-0.05, 0) is 12.1 Å². The van der Waals surface area contributed by atoms with Crippen LogP contribution in [-0.4, -0.2) is 26.2 Å². The van der Waals surface area contributed by atoms with Crippen molar-refractivity contribution in [2.24, 2.45) is 0 Å². The van der Waals surface area contributed by atoms with Crippen LogP contribution in [0.1, 0.15) is 10.7 Å². The van der Waals surface area contributed by atoms with Crippen molar-refractivity contribution in [3.63, 3.8) is 0 Å². The molecule has 90 valence electrons. The number of phenols is 1. The van der Waals surface area contributed by atoms with E-state index in [2.05, 4.69) is 9.97 Å². The van der Waals surface area contributed by atoms with Crippen molar-refractivity contribution in [2.45, 2.75) is 0 Å². The number of benzene rings is 1. The van der Waals surface area contributed by atoms with Crippen LogP contribution in [-0.2, 0) is 0 Å². The molecule has 6 heteroatoms. The Balaban J connectivity index is 2.16. The van der Waals surface area contributed by atoms with Gasteiger partial charge >= 0.3 is 11.9 Å². The summed E-state index contributed by atoms with van der Waals surface area (Å²) in [6.45, 7) is 0. The van der Waals surface area contributed by atoms with Crippen LogP contribution in [0.2, 0.25) is 0 Å². The van der Waals surface area contributed by atoms with Crippen LogP contribution in [0.5, 0.6) is 5.75 Å². The van der Waals surface area contributed by atoms with Gasteiger partial charge in [0.05, 0.1) is 6.20 Å². The highest BCUT2D eigenvalue weighted by Gasteiger charge is 2.15. The fourth-order valence-corrected chi connectivity index (χ4v) is 1.82. The Morgan fingerprint density at radius 2 is 2.22 bits per heavy atom. The lowest BCUT2D eigenvalue weighted by atomic mass is 10.1. The van der Waals surface area contributed by atoms with Gasteiger partial charge in [-0.25, -0.2) is 9.78 Å². The van der Waals surface area contributed by atoms with E-state index in [1.165, 1.54) is 6.20 Å². The number of phenolic OH excluding ortho intramolecular Hbond substituents is 1. The Bertz CT molecular complexity index is 741. The van der Waals surface area contributed by atoms with E-state index >= 15 is 0 Å². The lowest BCUT2D eigenvalue weighted by Crippen LogP contribution is -1.94. The van der Waals surface area contributed by atoms with Crippen LogP contribution >= 0.6 is 0 Å². The third-order valence-corrected chi connectivity index (χ3v) is 2.62. The number of nitrogens with zero attached hydrogens (tertiary/aromatic N) is 1. The SMILES string of the molecule is O=C(O)c1ncc(-c2c[nH]c3cc(O)ccc23)o1. The normalized spacial score (nSPS) is 10.9. The first-order valence-corrected chi connectivity index (χ1v) is 5.15. The second-order valence-corrected chi connectivity index (χ2v) is 3.77. The summed E-state index contributed by atoms with van der Waals surface area (Å²) in [6.07, 6.45) is 3.04. The van der Waals surface area contributed by atoms with Crippen molar-refractivity contribution in [2.75, 3.05) is 0 Å². The summed E-state index contributed by atoms with van der Waals surface area (Å²) in [5.41, 5.74) is 1.43. The maximum Gasteiger partial charge on any atom is 0.392 e. The average molecular weight is 244 g/mol. The van der Waals surface area contributed by atoms with Gasteiger partial charge in [-0.15, -0.1) is 0 Å². The van der Waals surface area contributed by atoms with Gasteiger partial charge < -0.3 is 19.6 Å². The van der Waals surface area contributed by atoms with Crippen molar-refractivity contribution in [1.29, 1.82) is 0 Å². The van der Waals surface area contributed by atoms with Crippen LogP contribution < -0.4 is 0 Å². The molecule has 1 aromatic carbocycles. The summed E-state index contributed by atoms with van der Waals surface area (Å²) >= 11 is 0. The van der Waals surface area contributed by atoms with Crippen molar-refractivity contribution in [3.05, 3.63) is 36.5 Å². The Morgan fingerprint density at radius 1 is 1.39 bits per heavy atom. The molecule has 2 aromatic heterocycles. The van der Waals surface area contributed by atoms with Gasteiger partial charge in [0.2, 0.25) is 0 Å². The largest absolute Gasteiger partial charge is 0.508 e. The summed E-state index contributed by atoms with van der Waals surface area (Å²) in [6, 6.07) is 4.85. The molecule has 0 aliphatic carbocycles. The molecule has 0 aliphatic heterocycles. The van der Waals surface area contributed by atoms with E-state index in [0.29, 0.717) is 11.3 Å².